The molecule has 2 heterocycles. The second kappa shape index (κ2) is 28.7. The first-order valence-corrected chi connectivity index (χ1v) is 29.0. The molecule has 7 rings (SSSR count). The summed E-state index contributed by atoms with van der Waals surface area (Å²) in [5.41, 5.74) is 4.35. The van der Waals surface area contributed by atoms with Crippen LogP contribution in [-0.2, 0) is 46.4 Å². The molecule has 5 fully saturated rings. The Morgan fingerprint density at radius 3 is 1.77 bits per heavy atom. The topological polar surface area (TPSA) is 107 Å². The van der Waals surface area contributed by atoms with E-state index in [1.807, 2.05) is 20.8 Å². The summed E-state index contributed by atoms with van der Waals surface area (Å²) < 4.78 is 20.7. The minimum Gasteiger partial charge on any atom is -0.466 e. The fourth-order valence-electron chi connectivity index (χ4n) is 10.9. The van der Waals surface area contributed by atoms with Crippen molar-refractivity contribution < 1.29 is 33.3 Å². The van der Waals surface area contributed by atoms with E-state index < -0.39 is 8.07 Å². The molecule has 2 unspecified atom stereocenters. The van der Waals surface area contributed by atoms with Crippen LogP contribution in [0.2, 0.25) is 19.6 Å². The van der Waals surface area contributed by atoms with Gasteiger partial charge in [0, 0.05) is 52.5 Å². The summed E-state index contributed by atoms with van der Waals surface area (Å²) in [7, 11) is 0.701. The lowest BCUT2D eigenvalue weighted by Crippen LogP contribution is -2.40. The number of nitrogens with one attached hydrogen (secondary N) is 1. The first-order valence-electron chi connectivity index (χ1n) is 25.3. The molecule has 2 saturated heterocycles. The quantitative estimate of drug-likeness (QED) is 0.0647. The monoisotopic (exact) mass is 918 g/mol. The zero-order valence-corrected chi connectivity index (χ0v) is 42.6. The van der Waals surface area contributed by atoms with Crippen molar-refractivity contribution in [2.75, 3.05) is 66.0 Å². The van der Waals surface area contributed by atoms with Crippen LogP contribution in [0.5, 0.6) is 0 Å². The van der Waals surface area contributed by atoms with Crippen molar-refractivity contribution in [2.24, 2.45) is 22.7 Å². The second-order valence-electron chi connectivity index (χ2n) is 20.3. The fraction of sp³-hybridized carbons (Fsp3) is 0.685. The standard InChI is InChI=1S/C19H27NO2.C13H23NOSi.C12H21NO2.C10H16O2/c1-2-22-18(21)17-14-20(13-16-9-5-3-6-10-16)15-19(17)11-7-4-8-12-19;1-15-11-14(12-16(2,3)4)10-13-8-6-5-7-9-13;1-2-15-11(14)10-8-13-9-12(10)6-4-3-5-7-12;1-2-12-10(11)8-9-6-4-3-5-7-9/h3,5-6,9-10,17H,2,4,7-8,11-15H2,1H3;5-9H,10-12H2,1-4H3;10,13H,2-9H2,1H3;8H,2-7H2,1H3. The van der Waals surface area contributed by atoms with Crippen LogP contribution in [0.15, 0.2) is 72.3 Å². The van der Waals surface area contributed by atoms with Gasteiger partial charge in [-0.25, -0.2) is 4.79 Å². The van der Waals surface area contributed by atoms with Crippen molar-refractivity contribution in [3.05, 3.63) is 83.4 Å². The van der Waals surface area contributed by atoms with Crippen LogP contribution in [0.25, 0.3) is 0 Å². The maximum Gasteiger partial charge on any atom is 0.330 e. The summed E-state index contributed by atoms with van der Waals surface area (Å²) in [4.78, 5) is 40.2. The summed E-state index contributed by atoms with van der Waals surface area (Å²) >= 11 is 0. The van der Waals surface area contributed by atoms with Gasteiger partial charge in [0.1, 0.15) is 0 Å². The molecule has 3 saturated carbocycles. The van der Waals surface area contributed by atoms with Gasteiger partial charge < -0.3 is 24.3 Å². The van der Waals surface area contributed by atoms with E-state index in [1.165, 1.54) is 106 Å². The predicted molar refractivity (Wildman–Crippen MR) is 266 cm³/mol. The highest BCUT2D eigenvalue weighted by Crippen LogP contribution is 2.48. The number of nitrogens with zero attached hydrogens (tertiary/aromatic N) is 2. The molecule has 2 aromatic rings. The van der Waals surface area contributed by atoms with Crippen LogP contribution in [0.3, 0.4) is 0 Å². The van der Waals surface area contributed by atoms with E-state index in [0.29, 0.717) is 19.8 Å². The second-order valence-corrected chi connectivity index (χ2v) is 25.7. The molecule has 65 heavy (non-hydrogen) atoms. The highest BCUT2D eigenvalue weighted by atomic mass is 28.3. The fourth-order valence-corrected chi connectivity index (χ4v) is 12.4. The van der Waals surface area contributed by atoms with E-state index in [9.17, 15) is 14.4 Å². The lowest BCUT2D eigenvalue weighted by Gasteiger charge is -2.37. The van der Waals surface area contributed by atoms with Gasteiger partial charge in [-0.1, -0.05) is 131 Å². The molecule has 3 aliphatic carbocycles. The normalized spacial score (nSPS) is 21.2. The zero-order chi connectivity index (χ0) is 47.0. The molecule has 2 spiro atoms. The molecule has 10 nitrogen and oxygen atoms in total. The Labute approximate surface area is 395 Å². The molecular formula is C54H87N3O7Si. The molecule has 364 valence electrons. The van der Waals surface area contributed by atoms with Crippen LogP contribution in [0.1, 0.15) is 128 Å². The van der Waals surface area contributed by atoms with Gasteiger partial charge in [0.15, 0.2) is 0 Å². The van der Waals surface area contributed by atoms with E-state index in [-0.39, 0.29) is 40.6 Å². The lowest BCUT2D eigenvalue weighted by molar-refractivity contribution is -0.152. The zero-order valence-electron chi connectivity index (χ0n) is 41.6. The number of hydrogen-bond acceptors (Lipinski definition) is 10. The molecular weight excluding hydrogens is 831 g/mol. The number of carbonyl (C=O) groups excluding carboxylic acids is 3. The highest BCUT2D eigenvalue weighted by Gasteiger charge is 2.51. The van der Waals surface area contributed by atoms with Crippen LogP contribution in [-0.4, -0.2) is 102 Å². The Morgan fingerprint density at radius 1 is 0.708 bits per heavy atom. The van der Waals surface area contributed by atoms with Crippen molar-refractivity contribution >= 4 is 26.0 Å². The minimum absolute atomic E-state index is 0.0180. The van der Waals surface area contributed by atoms with E-state index in [1.54, 1.807) is 13.2 Å². The van der Waals surface area contributed by atoms with E-state index in [0.717, 1.165) is 58.8 Å². The molecule has 2 aromatic carbocycles. The third-order valence-corrected chi connectivity index (χ3v) is 15.1. The predicted octanol–water partition coefficient (Wildman–Crippen LogP) is 10.8. The van der Waals surface area contributed by atoms with Crippen LogP contribution >= 0.6 is 0 Å². The number of benzene rings is 2. The number of hydrogen-bond donors (Lipinski definition) is 1. The molecule has 1 N–H and O–H groups in total. The number of methoxy groups -OCH3 is 1. The molecule has 11 heteroatoms. The largest absolute Gasteiger partial charge is 0.466 e. The van der Waals surface area contributed by atoms with Gasteiger partial charge in [0.25, 0.3) is 0 Å². The van der Waals surface area contributed by atoms with Crippen molar-refractivity contribution in [1.82, 2.24) is 15.1 Å². The Kier molecular flexibility index (Phi) is 24.0. The number of allylic oxidation sites excluding steroid dienone is 1. The minimum atomic E-state index is -1.07. The number of esters is 3. The Hall–Kier alpha value is -3.35. The van der Waals surface area contributed by atoms with Gasteiger partial charge in [-0.2, -0.15) is 0 Å². The van der Waals surface area contributed by atoms with Crippen molar-refractivity contribution in [3.8, 4) is 0 Å². The van der Waals surface area contributed by atoms with Gasteiger partial charge in [-0.15, -0.1) is 0 Å². The van der Waals surface area contributed by atoms with Crippen molar-refractivity contribution in [3.63, 3.8) is 0 Å². The van der Waals surface area contributed by atoms with Gasteiger partial charge in [0.05, 0.1) is 46.5 Å². The number of carbonyl (C=O) groups is 3. The lowest BCUT2D eigenvalue weighted by atomic mass is 9.68. The highest BCUT2D eigenvalue weighted by molar-refractivity contribution is 6.76. The maximum atomic E-state index is 12.5. The van der Waals surface area contributed by atoms with Gasteiger partial charge in [0.2, 0.25) is 0 Å². The third kappa shape index (κ3) is 18.7. The van der Waals surface area contributed by atoms with Gasteiger partial charge in [-0.3, -0.25) is 19.4 Å². The molecule has 0 bridgehead atoms. The first-order chi connectivity index (χ1) is 31.4. The Balaban J connectivity index is 0.000000195. The number of rotatable bonds is 14. The number of likely N-dealkylation sites (tertiary alicyclic amines) is 1. The van der Waals surface area contributed by atoms with E-state index in [2.05, 4.69) is 95.4 Å². The maximum absolute atomic E-state index is 12.5. The van der Waals surface area contributed by atoms with Crippen LogP contribution in [0.4, 0.5) is 0 Å². The molecule has 0 aromatic heterocycles. The SMILES string of the molecule is CCOC(=O)C1CN(Cc2ccccc2)CC12CCCCC2.CCOC(=O)C1CNCC12CCCCC2.CCOC(=O)C=C1CCCCC1.COCN(Cc1ccccc1)C[Si](C)(C)C. The van der Waals surface area contributed by atoms with Crippen LogP contribution < -0.4 is 5.32 Å². The third-order valence-electron chi connectivity index (χ3n) is 13.7. The van der Waals surface area contributed by atoms with Crippen molar-refractivity contribution in [1.29, 1.82) is 0 Å². The molecule has 0 radical (unpaired) electrons. The molecule has 5 aliphatic rings. The Morgan fingerprint density at radius 2 is 1.23 bits per heavy atom. The average Bonchev–Trinajstić information content (AvgIpc) is 3.85. The first kappa shape index (κ1) is 54.3. The Bertz CT molecular complexity index is 1680. The summed E-state index contributed by atoms with van der Waals surface area (Å²) in [6, 6.07) is 21.2. The molecule has 2 atom stereocenters. The molecule has 2 aliphatic heterocycles. The van der Waals surface area contributed by atoms with Gasteiger partial charge in [-0.05, 0) is 100 Å². The summed E-state index contributed by atoms with van der Waals surface area (Å²) in [6.45, 7) is 20.6. The average molecular weight is 918 g/mol. The van der Waals surface area contributed by atoms with E-state index >= 15 is 0 Å². The van der Waals surface area contributed by atoms with Crippen LogP contribution in [0, 0.1) is 22.7 Å². The smallest absolute Gasteiger partial charge is 0.330 e. The molecule has 0 amide bonds. The van der Waals surface area contributed by atoms with E-state index in [4.69, 9.17) is 18.9 Å². The van der Waals surface area contributed by atoms with Crippen molar-refractivity contribution in [2.45, 2.75) is 150 Å². The summed E-state index contributed by atoms with van der Waals surface area (Å²) in [6.07, 6.45) is 21.2. The summed E-state index contributed by atoms with van der Waals surface area (Å²) in [5.74, 6) is 0.0490. The number of ether oxygens (including phenoxy) is 4. The van der Waals surface area contributed by atoms with Gasteiger partial charge >= 0.3 is 17.9 Å². The summed E-state index contributed by atoms with van der Waals surface area (Å²) in [5, 5.41) is 3.37.